The predicted octanol–water partition coefficient (Wildman–Crippen LogP) is 3.18. The Morgan fingerprint density at radius 3 is 2.85 bits per heavy atom. The summed E-state index contributed by atoms with van der Waals surface area (Å²) in [5, 5.41) is 0.779. The first-order chi connectivity index (χ1) is 6.18. The van der Waals surface area contributed by atoms with Gasteiger partial charge in [-0.1, -0.05) is 11.6 Å². The zero-order valence-corrected chi connectivity index (χ0v) is 8.60. The van der Waals surface area contributed by atoms with Crippen LogP contribution in [0.2, 0.25) is 5.15 Å². The van der Waals surface area contributed by atoms with Gasteiger partial charge in [0.25, 0.3) is 0 Å². The van der Waals surface area contributed by atoms with E-state index in [1.807, 2.05) is 0 Å². The van der Waals surface area contributed by atoms with Crippen molar-refractivity contribution in [1.82, 2.24) is 9.97 Å². The zero-order valence-electron chi connectivity index (χ0n) is 6.26. The second kappa shape index (κ2) is 3.20. The van der Waals surface area contributed by atoms with Crippen LogP contribution in [-0.4, -0.2) is 9.97 Å². The molecule has 1 aromatic heterocycles. The summed E-state index contributed by atoms with van der Waals surface area (Å²) in [6.45, 7) is 0. The van der Waals surface area contributed by atoms with Gasteiger partial charge in [0.2, 0.25) is 0 Å². The van der Waals surface area contributed by atoms with Crippen LogP contribution in [0.1, 0.15) is 0 Å². The van der Waals surface area contributed by atoms with Gasteiger partial charge < -0.3 is 0 Å². The van der Waals surface area contributed by atoms with Gasteiger partial charge in [-0.3, -0.25) is 0 Å². The van der Waals surface area contributed by atoms with Crippen LogP contribution in [0.3, 0.4) is 0 Å². The first kappa shape index (κ1) is 8.84. The summed E-state index contributed by atoms with van der Waals surface area (Å²) >= 11 is 8.81. The molecule has 0 saturated heterocycles. The molecule has 2 nitrogen and oxygen atoms in total. The Balaban J connectivity index is 2.89. The molecule has 0 fully saturated rings. The molecule has 0 N–H and O–H groups in total. The summed E-state index contributed by atoms with van der Waals surface area (Å²) in [5.74, 6) is -0.371. The third kappa shape index (κ3) is 1.51. The van der Waals surface area contributed by atoms with E-state index in [0.717, 1.165) is 0 Å². The lowest BCUT2D eigenvalue weighted by molar-refractivity contribution is 0.623. The fourth-order valence-electron chi connectivity index (χ4n) is 1.02. The maximum Gasteiger partial charge on any atom is 0.140 e. The number of aromatic nitrogens is 2. The molecule has 1 aromatic carbocycles. The average molecular weight is 261 g/mol. The van der Waals surface area contributed by atoms with Gasteiger partial charge in [0.1, 0.15) is 17.3 Å². The first-order valence-electron chi connectivity index (χ1n) is 3.44. The minimum atomic E-state index is -0.371. The lowest BCUT2D eigenvalue weighted by Crippen LogP contribution is -1.86. The number of halogens is 3. The van der Waals surface area contributed by atoms with Crippen LogP contribution in [0.25, 0.3) is 10.9 Å². The Labute approximate surface area is 86.9 Å². The van der Waals surface area contributed by atoms with Gasteiger partial charge in [0, 0.05) is 5.39 Å². The number of fused-ring (bicyclic) bond motifs is 1. The van der Waals surface area contributed by atoms with E-state index in [0.29, 0.717) is 15.4 Å². The van der Waals surface area contributed by atoms with Crippen LogP contribution in [-0.2, 0) is 0 Å². The first-order valence-corrected chi connectivity index (χ1v) is 4.61. The van der Waals surface area contributed by atoms with E-state index >= 15 is 0 Å². The quantitative estimate of drug-likeness (QED) is 0.681. The molecule has 0 aliphatic rings. The molecule has 0 aliphatic heterocycles. The highest BCUT2D eigenvalue weighted by molar-refractivity contribution is 9.10. The number of hydrogen-bond acceptors (Lipinski definition) is 2. The Hall–Kier alpha value is -0.740. The fourth-order valence-corrected chi connectivity index (χ4v) is 1.55. The van der Waals surface area contributed by atoms with Crippen LogP contribution < -0.4 is 0 Å². The number of hydrogen-bond donors (Lipinski definition) is 0. The second-order valence-corrected chi connectivity index (χ2v) is 3.66. The van der Waals surface area contributed by atoms with Crippen LogP contribution in [0.15, 0.2) is 22.9 Å². The minimum absolute atomic E-state index is 0.261. The number of rotatable bonds is 0. The van der Waals surface area contributed by atoms with E-state index in [1.54, 1.807) is 6.07 Å². The molecule has 1 heterocycles. The average Bonchev–Trinajstić information content (AvgIpc) is 2.09. The topological polar surface area (TPSA) is 25.8 Å². The van der Waals surface area contributed by atoms with Gasteiger partial charge in [-0.2, -0.15) is 0 Å². The maximum absolute atomic E-state index is 13.1. The standard InChI is InChI=1S/C8H3BrClFN2/c9-5-2-7-4(1-6(5)11)8(10)13-3-12-7/h1-3H. The second-order valence-electron chi connectivity index (χ2n) is 2.45. The molecule has 2 rings (SSSR count). The molecule has 0 amide bonds. The zero-order chi connectivity index (χ0) is 9.42. The Bertz CT molecular complexity index is 475. The van der Waals surface area contributed by atoms with Gasteiger partial charge in [-0.05, 0) is 28.1 Å². The van der Waals surface area contributed by atoms with Crippen LogP contribution in [0.5, 0.6) is 0 Å². The molecule has 0 aliphatic carbocycles. The molecular formula is C8H3BrClFN2. The molecule has 2 aromatic rings. The number of nitrogens with zero attached hydrogens (tertiary/aromatic N) is 2. The van der Waals surface area contributed by atoms with E-state index in [9.17, 15) is 4.39 Å². The third-order valence-electron chi connectivity index (χ3n) is 1.63. The van der Waals surface area contributed by atoms with Gasteiger partial charge in [-0.15, -0.1) is 0 Å². The lowest BCUT2D eigenvalue weighted by Gasteiger charge is -1.99. The molecule has 0 atom stereocenters. The van der Waals surface area contributed by atoms with Crippen molar-refractivity contribution in [3.05, 3.63) is 33.9 Å². The third-order valence-corrected chi connectivity index (χ3v) is 2.54. The summed E-state index contributed by atoms with van der Waals surface area (Å²) in [5.41, 5.74) is 0.619. The molecule has 13 heavy (non-hydrogen) atoms. The summed E-state index contributed by atoms with van der Waals surface area (Å²) < 4.78 is 13.4. The van der Waals surface area contributed by atoms with Gasteiger partial charge in [0.15, 0.2) is 0 Å². The van der Waals surface area contributed by atoms with Gasteiger partial charge >= 0.3 is 0 Å². The molecule has 0 radical (unpaired) electrons. The molecule has 0 unspecified atom stereocenters. The summed E-state index contributed by atoms with van der Waals surface area (Å²) in [6.07, 6.45) is 1.34. The van der Waals surface area contributed by atoms with E-state index < -0.39 is 0 Å². The normalized spacial score (nSPS) is 10.7. The van der Waals surface area contributed by atoms with Gasteiger partial charge in [-0.25, -0.2) is 14.4 Å². The fraction of sp³-hybridized carbons (Fsp3) is 0. The molecule has 5 heteroatoms. The van der Waals surface area contributed by atoms with Crippen molar-refractivity contribution in [3.8, 4) is 0 Å². The molecule has 0 saturated carbocycles. The van der Waals surface area contributed by atoms with Crippen LogP contribution in [0, 0.1) is 5.82 Å². The van der Waals surface area contributed by atoms with Gasteiger partial charge in [0.05, 0.1) is 9.99 Å². The van der Waals surface area contributed by atoms with E-state index in [2.05, 4.69) is 25.9 Å². The summed E-state index contributed by atoms with van der Waals surface area (Å²) in [4.78, 5) is 7.70. The minimum Gasteiger partial charge on any atom is -0.236 e. The molecule has 0 bridgehead atoms. The predicted molar refractivity (Wildman–Crippen MR) is 52.2 cm³/mol. The van der Waals surface area contributed by atoms with E-state index in [4.69, 9.17) is 11.6 Å². The Kier molecular flexibility index (Phi) is 2.17. The lowest BCUT2D eigenvalue weighted by atomic mass is 10.2. The molecular weight excluding hydrogens is 258 g/mol. The SMILES string of the molecule is Fc1cc2c(Cl)ncnc2cc1Br. The van der Waals surface area contributed by atoms with Crippen molar-refractivity contribution in [3.63, 3.8) is 0 Å². The highest BCUT2D eigenvalue weighted by atomic mass is 79.9. The highest BCUT2D eigenvalue weighted by Gasteiger charge is 2.05. The summed E-state index contributed by atoms with van der Waals surface area (Å²) in [7, 11) is 0. The van der Waals surface area contributed by atoms with Crippen LogP contribution in [0.4, 0.5) is 4.39 Å². The molecule has 0 spiro atoms. The van der Waals surface area contributed by atoms with E-state index in [1.165, 1.54) is 12.4 Å². The van der Waals surface area contributed by atoms with Crippen molar-refractivity contribution in [1.29, 1.82) is 0 Å². The highest BCUT2D eigenvalue weighted by Crippen LogP contribution is 2.25. The smallest absolute Gasteiger partial charge is 0.140 e. The number of benzene rings is 1. The van der Waals surface area contributed by atoms with Crippen LogP contribution >= 0.6 is 27.5 Å². The Morgan fingerprint density at radius 1 is 1.31 bits per heavy atom. The van der Waals surface area contributed by atoms with Crippen molar-refractivity contribution in [2.75, 3.05) is 0 Å². The van der Waals surface area contributed by atoms with Crippen molar-refractivity contribution < 1.29 is 4.39 Å². The van der Waals surface area contributed by atoms with Crippen molar-refractivity contribution in [2.45, 2.75) is 0 Å². The monoisotopic (exact) mass is 260 g/mol. The van der Waals surface area contributed by atoms with Crippen molar-refractivity contribution in [2.24, 2.45) is 0 Å². The largest absolute Gasteiger partial charge is 0.236 e. The summed E-state index contributed by atoms with van der Waals surface area (Å²) in [6, 6.07) is 2.87. The Morgan fingerprint density at radius 2 is 2.08 bits per heavy atom. The maximum atomic E-state index is 13.1. The molecule has 66 valence electrons. The van der Waals surface area contributed by atoms with E-state index in [-0.39, 0.29) is 11.0 Å². The van der Waals surface area contributed by atoms with Crippen molar-refractivity contribution >= 4 is 38.4 Å².